The van der Waals surface area contributed by atoms with Gasteiger partial charge in [0, 0.05) is 46.0 Å². The number of halogens is 4. The van der Waals surface area contributed by atoms with Gasteiger partial charge in [0.1, 0.15) is 11.6 Å². The van der Waals surface area contributed by atoms with Crippen LogP contribution < -0.4 is 21.9 Å². The van der Waals surface area contributed by atoms with Gasteiger partial charge in [-0.1, -0.05) is 0 Å². The van der Waals surface area contributed by atoms with Crippen LogP contribution in [0.5, 0.6) is 0 Å². The molecule has 1 aromatic rings. The molecule has 0 radical (unpaired) electrons. The summed E-state index contributed by atoms with van der Waals surface area (Å²) < 4.78 is 40.4. The van der Waals surface area contributed by atoms with Gasteiger partial charge in [0.2, 0.25) is 0 Å². The Kier molecular flexibility index (Phi) is 7.20. The number of alkyl halides is 3. The fraction of sp³-hybridized carbons (Fsp3) is 0.615. The normalized spacial score (nSPS) is 16.8. The number of H-pyrrole nitrogens is 1. The van der Waals surface area contributed by atoms with Gasteiger partial charge >= 0.3 is 11.9 Å². The number of rotatable bonds is 4. The molecular formula is C13H19ClF3N5O3. The summed E-state index contributed by atoms with van der Waals surface area (Å²) in [6.45, 7) is 0.605. The van der Waals surface area contributed by atoms with Crippen LogP contribution in [0.25, 0.3) is 0 Å². The highest BCUT2D eigenvalue weighted by Gasteiger charge is 2.43. The summed E-state index contributed by atoms with van der Waals surface area (Å²) in [5.74, 6) is -0.962. The summed E-state index contributed by atoms with van der Waals surface area (Å²) in [6.07, 6.45) is -3.62. The Hall–Kier alpha value is -1.85. The Balaban J connectivity index is 0.00000312. The molecule has 0 spiro atoms. The number of amides is 1. The zero-order valence-electron chi connectivity index (χ0n) is 13.4. The Labute approximate surface area is 146 Å². The van der Waals surface area contributed by atoms with E-state index in [2.05, 4.69) is 15.6 Å². The number of aromatic nitrogens is 2. The third-order valence-electron chi connectivity index (χ3n) is 3.85. The molecule has 0 aromatic carbocycles. The number of piperazine rings is 1. The average Bonchev–Trinajstić information content (AvgIpc) is 2.52. The quantitative estimate of drug-likeness (QED) is 0.621. The molecular weight excluding hydrogens is 367 g/mol. The van der Waals surface area contributed by atoms with Gasteiger partial charge in [-0.05, 0) is 0 Å². The van der Waals surface area contributed by atoms with E-state index in [0.717, 1.165) is 13.2 Å². The maximum absolute atomic E-state index is 13.2. The summed E-state index contributed by atoms with van der Waals surface area (Å²) in [5, 5.41) is 5.09. The first-order valence-corrected chi connectivity index (χ1v) is 7.30. The van der Waals surface area contributed by atoms with Crippen molar-refractivity contribution >= 4 is 18.3 Å². The van der Waals surface area contributed by atoms with Gasteiger partial charge in [-0.3, -0.25) is 19.1 Å². The van der Waals surface area contributed by atoms with Crippen molar-refractivity contribution < 1.29 is 18.0 Å². The van der Waals surface area contributed by atoms with Gasteiger partial charge in [-0.25, -0.2) is 4.79 Å². The molecule has 0 saturated carbocycles. The fourth-order valence-corrected chi connectivity index (χ4v) is 2.46. The highest BCUT2D eigenvalue weighted by Crippen LogP contribution is 2.24. The van der Waals surface area contributed by atoms with Crippen LogP contribution in [0.2, 0.25) is 0 Å². The smallest absolute Gasteiger partial charge is 0.350 e. The molecule has 1 aliphatic heterocycles. The number of nitrogens with zero attached hydrogens (tertiary/aromatic N) is 2. The van der Waals surface area contributed by atoms with Crippen LogP contribution >= 0.6 is 12.4 Å². The summed E-state index contributed by atoms with van der Waals surface area (Å²) in [5.41, 5.74) is -2.01. The second kappa shape index (κ2) is 8.50. The molecule has 0 bridgehead atoms. The summed E-state index contributed by atoms with van der Waals surface area (Å²) in [7, 11) is 1.16. The van der Waals surface area contributed by atoms with Crippen LogP contribution in [0, 0.1) is 0 Å². The summed E-state index contributed by atoms with van der Waals surface area (Å²) in [6, 6.07) is -1.84. The van der Waals surface area contributed by atoms with Crippen LogP contribution in [0.1, 0.15) is 10.4 Å². The molecule has 0 aliphatic carbocycles. The van der Waals surface area contributed by atoms with E-state index in [9.17, 15) is 27.6 Å². The van der Waals surface area contributed by atoms with E-state index in [0.29, 0.717) is 17.7 Å². The Morgan fingerprint density at radius 3 is 2.48 bits per heavy atom. The minimum absolute atomic E-state index is 0. The van der Waals surface area contributed by atoms with Gasteiger partial charge in [0.15, 0.2) is 0 Å². The van der Waals surface area contributed by atoms with Crippen LogP contribution in [0.15, 0.2) is 15.8 Å². The number of hydrogen-bond donors (Lipinski definition) is 3. The second-order valence-electron chi connectivity index (χ2n) is 5.43. The topological polar surface area (TPSA) is 99.2 Å². The van der Waals surface area contributed by atoms with Crippen LogP contribution in [-0.4, -0.2) is 65.3 Å². The lowest BCUT2D eigenvalue weighted by molar-refractivity contribution is -0.183. The molecule has 142 valence electrons. The number of carbonyl (C=O) groups excluding carboxylic acids is 1. The molecule has 2 heterocycles. The highest BCUT2D eigenvalue weighted by atomic mass is 35.5. The number of aromatic amines is 1. The van der Waals surface area contributed by atoms with Gasteiger partial charge in [0.05, 0.1) is 0 Å². The Bertz CT molecular complexity index is 712. The predicted octanol–water partition coefficient (Wildman–Crippen LogP) is -0.939. The average molecular weight is 386 g/mol. The minimum Gasteiger partial charge on any atom is -0.350 e. The zero-order chi connectivity index (χ0) is 17.9. The van der Waals surface area contributed by atoms with Crippen molar-refractivity contribution in [2.45, 2.75) is 12.2 Å². The van der Waals surface area contributed by atoms with Gasteiger partial charge in [-0.15, -0.1) is 12.4 Å². The molecule has 8 nitrogen and oxygen atoms in total. The van der Waals surface area contributed by atoms with Crippen molar-refractivity contribution in [3.05, 3.63) is 32.6 Å². The number of nitrogens with one attached hydrogen (secondary N) is 3. The third kappa shape index (κ3) is 5.06. The maximum atomic E-state index is 13.2. The molecule has 1 saturated heterocycles. The molecule has 1 aromatic heterocycles. The molecule has 3 N–H and O–H groups in total. The standard InChI is InChI=1S/C13H18F3N5O3.ClH/c1-20-11(23)8(6-19-12(20)24)10(22)18-7-9(13(14,15)16)21-4-2-17-3-5-21;/h6,9,17H,2-5,7H2,1H3,(H,18,22)(H,19,24);1H. The first-order valence-electron chi connectivity index (χ1n) is 7.30. The van der Waals surface area contributed by atoms with E-state index in [4.69, 9.17) is 0 Å². The van der Waals surface area contributed by atoms with Crippen molar-refractivity contribution in [3.8, 4) is 0 Å². The lowest BCUT2D eigenvalue weighted by atomic mass is 10.2. The van der Waals surface area contributed by atoms with E-state index in [1.165, 1.54) is 4.90 Å². The lowest BCUT2D eigenvalue weighted by Gasteiger charge is -2.35. The summed E-state index contributed by atoms with van der Waals surface area (Å²) >= 11 is 0. The first-order chi connectivity index (χ1) is 11.2. The maximum Gasteiger partial charge on any atom is 0.405 e. The zero-order valence-corrected chi connectivity index (χ0v) is 14.2. The van der Waals surface area contributed by atoms with Crippen LogP contribution in [0.4, 0.5) is 13.2 Å². The van der Waals surface area contributed by atoms with E-state index >= 15 is 0 Å². The molecule has 2 rings (SSSR count). The molecule has 25 heavy (non-hydrogen) atoms. The lowest BCUT2D eigenvalue weighted by Crippen LogP contribution is -2.57. The molecule has 1 atom stereocenters. The molecule has 1 aliphatic rings. The van der Waals surface area contributed by atoms with Crippen molar-refractivity contribution in [1.29, 1.82) is 0 Å². The highest BCUT2D eigenvalue weighted by molar-refractivity contribution is 5.93. The van der Waals surface area contributed by atoms with Gasteiger partial charge in [-0.2, -0.15) is 13.2 Å². The SMILES string of the molecule is Cl.Cn1c(=O)[nH]cc(C(=O)NCC(N2CCNCC2)C(F)(F)F)c1=O. The van der Waals surface area contributed by atoms with Gasteiger partial charge < -0.3 is 15.6 Å². The van der Waals surface area contributed by atoms with E-state index in [1.807, 2.05) is 0 Å². The Morgan fingerprint density at radius 2 is 1.92 bits per heavy atom. The molecule has 1 fully saturated rings. The summed E-state index contributed by atoms with van der Waals surface area (Å²) in [4.78, 5) is 38.5. The second-order valence-corrected chi connectivity index (χ2v) is 5.43. The fourth-order valence-electron chi connectivity index (χ4n) is 2.46. The van der Waals surface area contributed by atoms with Crippen molar-refractivity contribution in [2.75, 3.05) is 32.7 Å². The monoisotopic (exact) mass is 385 g/mol. The molecule has 12 heteroatoms. The van der Waals surface area contributed by atoms with Crippen molar-refractivity contribution in [1.82, 2.24) is 25.1 Å². The van der Waals surface area contributed by atoms with E-state index in [-0.39, 0.29) is 25.5 Å². The predicted molar refractivity (Wildman–Crippen MR) is 86.2 cm³/mol. The first kappa shape index (κ1) is 21.2. The van der Waals surface area contributed by atoms with Crippen molar-refractivity contribution in [2.24, 2.45) is 7.05 Å². The van der Waals surface area contributed by atoms with E-state index in [1.54, 1.807) is 0 Å². The van der Waals surface area contributed by atoms with Crippen LogP contribution in [0.3, 0.4) is 0 Å². The largest absolute Gasteiger partial charge is 0.405 e. The van der Waals surface area contributed by atoms with Gasteiger partial charge in [0.25, 0.3) is 11.5 Å². The molecule has 1 amide bonds. The Morgan fingerprint density at radius 1 is 1.32 bits per heavy atom. The molecule has 1 unspecified atom stereocenters. The van der Waals surface area contributed by atoms with Crippen molar-refractivity contribution in [3.63, 3.8) is 0 Å². The minimum atomic E-state index is -4.51. The van der Waals surface area contributed by atoms with E-state index < -0.39 is 41.5 Å². The third-order valence-corrected chi connectivity index (χ3v) is 3.85. The number of carbonyl (C=O) groups is 1. The number of hydrogen-bond acceptors (Lipinski definition) is 5. The van der Waals surface area contributed by atoms with Crippen LogP contribution in [-0.2, 0) is 7.05 Å².